The summed E-state index contributed by atoms with van der Waals surface area (Å²) >= 11 is 0. The third-order valence-electron chi connectivity index (χ3n) is 4.16. The summed E-state index contributed by atoms with van der Waals surface area (Å²) in [4.78, 5) is 5.92. The van der Waals surface area contributed by atoms with Crippen LogP contribution in [0.4, 0.5) is 13.2 Å². The van der Waals surface area contributed by atoms with Crippen LogP contribution in [0.15, 0.2) is 41.4 Å². The molecular formula is C18H21F3IN3O. The summed E-state index contributed by atoms with van der Waals surface area (Å²) in [5.74, 6) is 1.35. The third kappa shape index (κ3) is 5.39. The summed E-state index contributed by atoms with van der Waals surface area (Å²) < 4.78 is 42.4. The Labute approximate surface area is 167 Å². The number of nitrogens with one attached hydrogen (secondary N) is 1. The highest BCUT2D eigenvalue weighted by atomic mass is 127. The van der Waals surface area contributed by atoms with Crippen molar-refractivity contribution >= 4 is 40.7 Å². The van der Waals surface area contributed by atoms with Gasteiger partial charge in [0.05, 0.1) is 20.1 Å². The van der Waals surface area contributed by atoms with Crippen LogP contribution in [-0.2, 0) is 6.54 Å². The van der Waals surface area contributed by atoms with Gasteiger partial charge >= 0.3 is 6.18 Å². The average molecular weight is 479 g/mol. The molecule has 0 saturated carbocycles. The number of alkyl halides is 3. The number of methoxy groups -OCH3 is 1. The molecule has 8 heteroatoms. The molecular weight excluding hydrogens is 458 g/mol. The number of benzene rings is 2. The number of hydrogen-bond acceptors (Lipinski definition) is 4. The van der Waals surface area contributed by atoms with Crippen molar-refractivity contribution < 1.29 is 17.9 Å². The zero-order valence-electron chi connectivity index (χ0n) is 14.3. The molecule has 142 valence electrons. The maximum atomic E-state index is 12.4. The molecule has 2 aromatic carbocycles. The quantitative estimate of drug-likeness (QED) is 0.655. The molecule has 2 aromatic rings. The van der Waals surface area contributed by atoms with Gasteiger partial charge in [-0.2, -0.15) is 13.2 Å². The number of hydrogen-bond donors (Lipinski definition) is 1. The smallest absolute Gasteiger partial charge is 0.390 e. The number of guanidine groups is 1. The van der Waals surface area contributed by atoms with Crippen LogP contribution in [0.2, 0.25) is 0 Å². The molecule has 26 heavy (non-hydrogen) atoms. The van der Waals surface area contributed by atoms with E-state index in [-0.39, 0.29) is 30.5 Å². The van der Waals surface area contributed by atoms with Gasteiger partial charge in [-0.15, -0.1) is 24.0 Å². The SMILES string of the molecule is COc1ccc2cc(CNC3=NCCN3CCC(F)(F)F)ccc2c1.I. The number of fused-ring (bicyclic) bond motifs is 1. The Hall–Kier alpha value is -1.71. The normalized spacial score (nSPS) is 14.2. The molecule has 1 N–H and O–H groups in total. The zero-order chi connectivity index (χ0) is 17.9. The van der Waals surface area contributed by atoms with Crippen LogP contribution in [0.3, 0.4) is 0 Å². The fourth-order valence-corrected chi connectivity index (χ4v) is 2.82. The van der Waals surface area contributed by atoms with Crippen LogP contribution in [-0.4, -0.2) is 43.8 Å². The van der Waals surface area contributed by atoms with E-state index in [2.05, 4.69) is 16.4 Å². The number of aliphatic imine (C=N–C) groups is 1. The summed E-state index contributed by atoms with van der Waals surface area (Å²) in [7, 11) is 1.63. The lowest BCUT2D eigenvalue weighted by Crippen LogP contribution is -2.39. The molecule has 0 bridgehead atoms. The molecule has 1 aliphatic rings. The Morgan fingerprint density at radius 1 is 1.15 bits per heavy atom. The van der Waals surface area contributed by atoms with Crippen LogP contribution in [0.25, 0.3) is 10.8 Å². The molecule has 0 aliphatic carbocycles. The highest BCUT2D eigenvalue weighted by molar-refractivity contribution is 14.0. The minimum atomic E-state index is -4.15. The highest BCUT2D eigenvalue weighted by Gasteiger charge is 2.29. The van der Waals surface area contributed by atoms with E-state index in [1.807, 2.05) is 30.3 Å². The second-order valence-corrected chi connectivity index (χ2v) is 5.96. The molecule has 1 aliphatic heterocycles. The van der Waals surface area contributed by atoms with E-state index in [9.17, 15) is 13.2 Å². The van der Waals surface area contributed by atoms with E-state index in [0.717, 1.165) is 22.1 Å². The Kier molecular flexibility index (Phi) is 6.96. The Balaban J connectivity index is 0.00000243. The van der Waals surface area contributed by atoms with Gasteiger partial charge in [0.15, 0.2) is 5.96 Å². The minimum Gasteiger partial charge on any atom is -0.497 e. The van der Waals surface area contributed by atoms with Gasteiger partial charge in [0.2, 0.25) is 0 Å². The van der Waals surface area contributed by atoms with Gasteiger partial charge in [0.25, 0.3) is 0 Å². The maximum Gasteiger partial charge on any atom is 0.390 e. The van der Waals surface area contributed by atoms with E-state index in [1.54, 1.807) is 12.0 Å². The minimum absolute atomic E-state index is 0. The number of halogens is 4. The standard InChI is InChI=1S/C18H20F3N3O.HI/c1-25-16-5-4-14-10-13(2-3-15(14)11-16)12-23-17-22-7-9-24(17)8-6-18(19,20)21;/h2-5,10-11H,6-9,12H2,1H3,(H,22,23);1H. The van der Waals surface area contributed by atoms with Crippen molar-refractivity contribution in [2.45, 2.75) is 19.1 Å². The molecule has 0 atom stereocenters. The molecule has 3 rings (SSSR count). The van der Waals surface area contributed by atoms with Crippen LogP contribution < -0.4 is 10.1 Å². The van der Waals surface area contributed by atoms with Crippen LogP contribution in [0, 0.1) is 0 Å². The molecule has 0 spiro atoms. The topological polar surface area (TPSA) is 36.9 Å². The molecule has 1 heterocycles. The summed E-state index contributed by atoms with van der Waals surface area (Å²) in [5.41, 5.74) is 1.04. The van der Waals surface area contributed by atoms with Gasteiger partial charge in [0, 0.05) is 19.6 Å². The van der Waals surface area contributed by atoms with Crippen molar-refractivity contribution in [3.05, 3.63) is 42.0 Å². The van der Waals surface area contributed by atoms with E-state index >= 15 is 0 Å². The van der Waals surface area contributed by atoms with Crippen molar-refractivity contribution in [1.29, 1.82) is 0 Å². The summed E-state index contributed by atoms with van der Waals surface area (Å²) in [6.45, 7) is 1.50. The lowest BCUT2D eigenvalue weighted by atomic mass is 10.1. The van der Waals surface area contributed by atoms with Gasteiger partial charge in [0.1, 0.15) is 5.75 Å². The van der Waals surface area contributed by atoms with Gasteiger partial charge < -0.3 is 15.0 Å². The molecule has 0 saturated heterocycles. The fourth-order valence-electron chi connectivity index (χ4n) is 2.82. The number of ether oxygens (including phenoxy) is 1. The summed E-state index contributed by atoms with van der Waals surface area (Å²) in [6.07, 6.45) is -4.97. The molecule has 0 amide bonds. The molecule has 0 fully saturated rings. The van der Waals surface area contributed by atoms with Crippen molar-refractivity contribution in [3.63, 3.8) is 0 Å². The van der Waals surface area contributed by atoms with Crippen LogP contribution in [0.5, 0.6) is 5.75 Å². The first-order chi connectivity index (χ1) is 11.9. The Morgan fingerprint density at radius 3 is 2.62 bits per heavy atom. The lowest BCUT2D eigenvalue weighted by molar-refractivity contribution is -0.136. The van der Waals surface area contributed by atoms with E-state index < -0.39 is 12.6 Å². The molecule has 4 nitrogen and oxygen atoms in total. The second-order valence-electron chi connectivity index (χ2n) is 5.96. The van der Waals surface area contributed by atoms with Crippen molar-refractivity contribution in [1.82, 2.24) is 10.2 Å². The van der Waals surface area contributed by atoms with Gasteiger partial charge in [-0.1, -0.05) is 18.2 Å². The van der Waals surface area contributed by atoms with Gasteiger partial charge in [-0.3, -0.25) is 4.99 Å². The van der Waals surface area contributed by atoms with E-state index in [0.29, 0.717) is 25.6 Å². The average Bonchev–Trinajstić information content (AvgIpc) is 3.04. The van der Waals surface area contributed by atoms with Crippen molar-refractivity contribution in [2.24, 2.45) is 4.99 Å². The maximum absolute atomic E-state index is 12.4. The molecule has 0 aromatic heterocycles. The first kappa shape index (κ1) is 20.6. The first-order valence-electron chi connectivity index (χ1n) is 8.11. The second kappa shape index (κ2) is 8.79. The molecule has 0 radical (unpaired) electrons. The summed E-state index contributed by atoms with van der Waals surface area (Å²) in [6, 6.07) is 11.9. The van der Waals surface area contributed by atoms with Gasteiger partial charge in [-0.05, 0) is 34.5 Å². The predicted molar refractivity (Wildman–Crippen MR) is 107 cm³/mol. The molecule has 0 unspecified atom stereocenters. The van der Waals surface area contributed by atoms with Crippen molar-refractivity contribution in [2.75, 3.05) is 26.7 Å². The predicted octanol–water partition coefficient (Wildman–Crippen LogP) is 4.18. The zero-order valence-corrected chi connectivity index (χ0v) is 16.7. The number of rotatable bonds is 5. The van der Waals surface area contributed by atoms with Gasteiger partial charge in [-0.25, -0.2) is 0 Å². The monoisotopic (exact) mass is 479 g/mol. The fraction of sp³-hybridized carbons (Fsp3) is 0.389. The van der Waals surface area contributed by atoms with E-state index in [4.69, 9.17) is 4.74 Å². The van der Waals surface area contributed by atoms with Crippen LogP contribution >= 0.6 is 24.0 Å². The number of nitrogens with zero attached hydrogens (tertiary/aromatic N) is 2. The van der Waals surface area contributed by atoms with Crippen LogP contribution in [0.1, 0.15) is 12.0 Å². The largest absolute Gasteiger partial charge is 0.497 e. The third-order valence-corrected chi connectivity index (χ3v) is 4.16. The first-order valence-corrected chi connectivity index (χ1v) is 8.11. The van der Waals surface area contributed by atoms with E-state index in [1.165, 1.54) is 0 Å². The Morgan fingerprint density at radius 2 is 1.88 bits per heavy atom. The Bertz CT molecular complexity index is 780. The highest BCUT2D eigenvalue weighted by Crippen LogP contribution is 2.22. The summed E-state index contributed by atoms with van der Waals surface area (Å²) in [5, 5.41) is 5.32. The lowest BCUT2D eigenvalue weighted by Gasteiger charge is -2.21. The van der Waals surface area contributed by atoms with Crippen molar-refractivity contribution in [3.8, 4) is 5.75 Å².